The van der Waals surface area contributed by atoms with Crippen molar-refractivity contribution >= 4 is 35.2 Å². The largest absolute Gasteiger partial charge is 0.390 e. The van der Waals surface area contributed by atoms with Gasteiger partial charge in [-0.25, -0.2) is 4.98 Å². The van der Waals surface area contributed by atoms with Gasteiger partial charge in [0.25, 0.3) is 0 Å². The maximum Gasteiger partial charge on any atom is 0.239 e. The molecule has 1 heterocycles. The van der Waals surface area contributed by atoms with Crippen molar-refractivity contribution in [1.29, 1.82) is 0 Å². The third-order valence-corrected chi connectivity index (χ3v) is 4.77. The number of nitrogens with one attached hydrogen (secondary N) is 2. The monoisotopic (exact) mass is 382 g/mol. The van der Waals surface area contributed by atoms with E-state index in [1.54, 1.807) is 10.6 Å². The third kappa shape index (κ3) is 5.48. The zero-order valence-corrected chi connectivity index (χ0v) is 15.2. The molecule has 7 nitrogen and oxygen atoms in total. The first kappa shape index (κ1) is 19.3. The number of imidazole rings is 1. The Morgan fingerprint density at radius 2 is 2.08 bits per heavy atom. The highest BCUT2D eigenvalue weighted by Gasteiger charge is 2.14. The molecule has 0 aliphatic rings. The summed E-state index contributed by atoms with van der Waals surface area (Å²) in [5.41, 5.74) is 1.36. The number of carbonyl (C=O) groups is 2. The number of hydrogen-bond acceptors (Lipinski definition) is 5. The Labute approximate surface area is 154 Å². The fraction of sp³-hybridized carbons (Fsp3) is 0.312. The van der Waals surface area contributed by atoms with Crippen molar-refractivity contribution in [2.75, 3.05) is 12.8 Å². The van der Waals surface area contributed by atoms with Crippen LogP contribution >= 0.6 is 23.4 Å². The Morgan fingerprint density at radius 3 is 2.76 bits per heavy atom. The minimum Gasteiger partial charge on any atom is -0.390 e. The number of aliphatic hydroxyl groups is 1. The number of halogens is 1. The topological polar surface area (TPSA) is 96.2 Å². The Kier molecular flexibility index (Phi) is 7.30. The molecule has 9 heteroatoms. The van der Waals surface area contributed by atoms with E-state index in [1.165, 1.54) is 25.0 Å². The molecule has 0 unspecified atom stereocenters. The van der Waals surface area contributed by atoms with Crippen LogP contribution in [0, 0.1) is 0 Å². The van der Waals surface area contributed by atoms with Crippen molar-refractivity contribution in [2.24, 2.45) is 0 Å². The molecule has 2 aromatic rings. The van der Waals surface area contributed by atoms with Gasteiger partial charge in [0.15, 0.2) is 5.16 Å². The van der Waals surface area contributed by atoms with Gasteiger partial charge < -0.3 is 20.3 Å². The predicted octanol–water partition coefficient (Wildman–Crippen LogP) is 1.18. The molecule has 2 amide bonds. The van der Waals surface area contributed by atoms with E-state index in [9.17, 15) is 14.7 Å². The summed E-state index contributed by atoms with van der Waals surface area (Å²) in [5.74, 6) is -0.247. The highest BCUT2D eigenvalue weighted by atomic mass is 35.5. The zero-order valence-electron chi connectivity index (χ0n) is 13.7. The lowest BCUT2D eigenvalue weighted by Crippen LogP contribution is -2.26. The van der Waals surface area contributed by atoms with Gasteiger partial charge in [0.1, 0.15) is 6.54 Å². The van der Waals surface area contributed by atoms with E-state index in [-0.39, 0.29) is 30.7 Å². The van der Waals surface area contributed by atoms with Crippen LogP contribution in [-0.2, 0) is 29.3 Å². The average Bonchev–Trinajstić information content (AvgIpc) is 3.00. The van der Waals surface area contributed by atoms with Gasteiger partial charge in [-0.1, -0.05) is 41.6 Å². The Bertz CT molecular complexity index is 751. The number of hydrogen-bond donors (Lipinski definition) is 3. The average molecular weight is 383 g/mol. The summed E-state index contributed by atoms with van der Waals surface area (Å²) in [4.78, 5) is 27.8. The molecule has 1 aromatic heterocycles. The molecule has 134 valence electrons. The van der Waals surface area contributed by atoms with Crippen LogP contribution in [0.25, 0.3) is 0 Å². The van der Waals surface area contributed by atoms with Crippen LogP contribution < -0.4 is 10.6 Å². The van der Waals surface area contributed by atoms with Gasteiger partial charge in [0.2, 0.25) is 11.8 Å². The van der Waals surface area contributed by atoms with Crippen LogP contribution in [0.4, 0.5) is 0 Å². The lowest BCUT2D eigenvalue weighted by atomic mass is 10.2. The minimum atomic E-state index is -0.233. The van der Waals surface area contributed by atoms with Crippen LogP contribution in [-0.4, -0.2) is 39.3 Å². The number of nitrogens with zero attached hydrogens (tertiary/aromatic N) is 2. The maximum absolute atomic E-state index is 12.0. The van der Waals surface area contributed by atoms with Gasteiger partial charge in [-0.05, 0) is 11.6 Å². The molecule has 2 rings (SSSR count). The Balaban J connectivity index is 1.92. The standard InChI is InChI=1S/C16H19ClN4O3S/c1-18-14(23)8-21-12(9-22)7-20-16(21)25-10-15(24)19-6-11-4-2-3-5-13(11)17/h2-5,7,22H,6,8-10H2,1H3,(H,18,23)(H,19,24). The van der Waals surface area contributed by atoms with E-state index >= 15 is 0 Å². The van der Waals surface area contributed by atoms with Crippen LogP contribution in [0.3, 0.4) is 0 Å². The highest BCUT2D eigenvalue weighted by molar-refractivity contribution is 7.99. The highest BCUT2D eigenvalue weighted by Crippen LogP contribution is 2.19. The van der Waals surface area contributed by atoms with Crippen molar-refractivity contribution in [3.05, 3.63) is 46.7 Å². The number of benzene rings is 1. The zero-order chi connectivity index (χ0) is 18.2. The van der Waals surface area contributed by atoms with E-state index in [0.717, 1.165) is 5.56 Å². The first-order chi connectivity index (χ1) is 12.0. The normalized spacial score (nSPS) is 10.5. The first-order valence-electron chi connectivity index (χ1n) is 7.54. The van der Waals surface area contributed by atoms with Gasteiger partial charge in [-0.2, -0.15) is 0 Å². The molecule has 0 radical (unpaired) electrons. The van der Waals surface area contributed by atoms with Gasteiger partial charge in [-0.15, -0.1) is 0 Å². The number of likely N-dealkylation sites (N-methyl/N-ethyl adjacent to an activating group) is 1. The van der Waals surface area contributed by atoms with E-state index < -0.39 is 0 Å². The predicted molar refractivity (Wildman–Crippen MR) is 96.2 cm³/mol. The van der Waals surface area contributed by atoms with E-state index in [4.69, 9.17) is 11.6 Å². The van der Waals surface area contributed by atoms with E-state index in [0.29, 0.717) is 22.4 Å². The smallest absolute Gasteiger partial charge is 0.239 e. The SMILES string of the molecule is CNC(=O)Cn1c(CO)cnc1SCC(=O)NCc1ccccc1Cl. The third-order valence-electron chi connectivity index (χ3n) is 3.41. The summed E-state index contributed by atoms with van der Waals surface area (Å²) >= 11 is 7.25. The number of carbonyl (C=O) groups excluding carboxylic acids is 2. The lowest BCUT2D eigenvalue weighted by molar-refractivity contribution is -0.121. The maximum atomic E-state index is 12.0. The molecule has 0 saturated heterocycles. The summed E-state index contributed by atoms with van der Waals surface area (Å²) in [6.07, 6.45) is 1.49. The molecule has 0 bridgehead atoms. The number of aromatic nitrogens is 2. The molecule has 25 heavy (non-hydrogen) atoms. The van der Waals surface area contributed by atoms with Crippen molar-refractivity contribution in [1.82, 2.24) is 20.2 Å². The second kappa shape index (κ2) is 9.45. The number of aliphatic hydroxyl groups excluding tert-OH is 1. The first-order valence-corrected chi connectivity index (χ1v) is 8.90. The van der Waals surface area contributed by atoms with Crippen LogP contribution in [0.1, 0.15) is 11.3 Å². The van der Waals surface area contributed by atoms with Gasteiger partial charge in [-0.3, -0.25) is 9.59 Å². The quantitative estimate of drug-likeness (QED) is 0.596. The molecule has 0 saturated carbocycles. The molecular weight excluding hydrogens is 364 g/mol. The van der Waals surface area contributed by atoms with Gasteiger partial charge in [0.05, 0.1) is 24.3 Å². The molecule has 0 aliphatic heterocycles. The second-order valence-corrected chi connectivity index (χ2v) is 6.46. The summed E-state index contributed by atoms with van der Waals surface area (Å²) in [6.45, 7) is 0.146. The van der Waals surface area contributed by atoms with Crippen molar-refractivity contribution in [2.45, 2.75) is 24.9 Å². The Hall–Kier alpha value is -2.03. The van der Waals surface area contributed by atoms with Crippen molar-refractivity contribution in [3.63, 3.8) is 0 Å². The minimum absolute atomic E-state index is 0.0377. The molecule has 1 aromatic carbocycles. The molecule has 0 fully saturated rings. The molecule has 0 atom stereocenters. The summed E-state index contributed by atoms with van der Waals surface area (Å²) in [6, 6.07) is 7.30. The Morgan fingerprint density at radius 1 is 1.32 bits per heavy atom. The summed E-state index contributed by atoms with van der Waals surface area (Å²) in [7, 11) is 1.53. The number of rotatable bonds is 8. The van der Waals surface area contributed by atoms with Gasteiger partial charge in [0, 0.05) is 18.6 Å². The molecule has 3 N–H and O–H groups in total. The van der Waals surface area contributed by atoms with E-state index in [2.05, 4.69) is 15.6 Å². The van der Waals surface area contributed by atoms with Crippen LogP contribution in [0.2, 0.25) is 5.02 Å². The van der Waals surface area contributed by atoms with Gasteiger partial charge >= 0.3 is 0 Å². The molecular formula is C16H19ClN4O3S. The summed E-state index contributed by atoms with van der Waals surface area (Å²) in [5, 5.41) is 15.8. The number of thioether (sulfide) groups is 1. The van der Waals surface area contributed by atoms with Crippen molar-refractivity contribution < 1.29 is 14.7 Å². The van der Waals surface area contributed by atoms with E-state index in [1.807, 2.05) is 18.2 Å². The summed E-state index contributed by atoms with van der Waals surface area (Å²) < 4.78 is 1.59. The second-order valence-electron chi connectivity index (χ2n) is 5.11. The van der Waals surface area contributed by atoms with Crippen LogP contribution in [0.5, 0.6) is 0 Å². The van der Waals surface area contributed by atoms with Crippen LogP contribution in [0.15, 0.2) is 35.6 Å². The fourth-order valence-corrected chi connectivity index (χ4v) is 3.07. The molecule has 0 aliphatic carbocycles. The lowest BCUT2D eigenvalue weighted by Gasteiger charge is -2.10. The van der Waals surface area contributed by atoms with Crippen molar-refractivity contribution in [3.8, 4) is 0 Å². The number of amides is 2. The molecule has 0 spiro atoms. The fourth-order valence-electron chi connectivity index (χ4n) is 2.04.